The number of para-hydroxylation sites is 1. The quantitative estimate of drug-likeness (QED) is 0.149. The zero-order chi connectivity index (χ0) is 56.7. The van der Waals surface area contributed by atoms with Crippen molar-refractivity contribution >= 4 is 11.0 Å². The maximum Gasteiger partial charge on any atom is 0.149 e. The summed E-state index contributed by atoms with van der Waals surface area (Å²) in [5.74, 6) is -0.971. The maximum absolute atomic E-state index is 12.3. The summed E-state index contributed by atoms with van der Waals surface area (Å²) in [6.07, 6.45) is 1.67. The van der Waals surface area contributed by atoms with Crippen molar-refractivity contribution in [3.05, 3.63) is 167 Å². The third-order valence-corrected chi connectivity index (χ3v) is 12.7. The first-order valence-electron chi connectivity index (χ1n) is 28.4. The van der Waals surface area contributed by atoms with Crippen molar-refractivity contribution in [2.45, 2.75) is 131 Å². The van der Waals surface area contributed by atoms with Gasteiger partial charge in [-0.15, -0.1) is 0 Å². The van der Waals surface area contributed by atoms with Gasteiger partial charge in [0.2, 0.25) is 0 Å². The Hall–Kier alpha value is -6.26. The number of nitrogens with zero attached hydrogens (tertiary/aromatic N) is 3. The first kappa shape index (κ1) is 34.1. The number of aromatic nitrogens is 3. The Balaban J connectivity index is 1.33. The standard InChI is InChI=1S/C62H69N3O/c1-37(2)44-34-53(40(7)8)59(66)54(35-44)60-64-58-52(19-16-20-56(58)65(60)49-27-23-42(24-28-49)57-50(38(3)4)17-15-18-51(57)39(5)6)45-31-46(33-48(32-45)62(12,13)14)55-36-43(29-30-63-55)41-21-25-47(26-22-41)61(9,10)11/h15-40,66H,1-14H3/i9D3,10D3,11D3,38D,39D. The SMILES string of the molecule is [2H]C(C)(C)c1cccc(C([2H])(C)C)c1-c1ccc(-n2c(-c3cc(C(C)C)cc(C(C)C)c3O)nc3c(-c4cc(-c5cc(-c6ccc(C(C([2H])([2H])[2H])(C([2H])([2H])[2H])C([2H])([2H])[2H])cc6)ccn5)cc(C(C)(C)C)c4)cccc32)cc1. The van der Waals surface area contributed by atoms with Crippen molar-refractivity contribution in [2.75, 3.05) is 0 Å². The summed E-state index contributed by atoms with van der Waals surface area (Å²) in [7, 11) is 0. The van der Waals surface area contributed by atoms with Crippen LogP contribution in [0, 0.1) is 0 Å². The van der Waals surface area contributed by atoms with Crippen LogP contribution >= 0.6 is 0 Å². The number of fused-ring (bicyclic) bond motifs is 1. The molecule has 0 fully saturated rings. The number of phenols is 1. The molecule has 0 aliphatic rings. The van der Waals surface area contributed by atoms with Gasteiger partial charge in [-0.3, -0.25) is 9.55 Å². The van der Waals surface area contributed by atoms with Gasteiger partial charge in [-0.25, -0.2) is 4.98 Å². The van der Waals surface area contributed by atoms with Crippen LogP contribution in [-0.2, 0) is 10.8 Å². The third-order valence-electron chi connectivity index (χ3n) is 12.7. The second kappa shape index (κ2) is 17.9. The predicted octanol–water partition coefficient (Wildman–Crippen LogP) is 17.5. The predicted molar refractivity (Wildman–Crippen MR) is 281 cm³/mol. The molecule has 0 saturated carbocycles. The summed E-state index contributed by atoms with van der Waals surface area (Å²) in [5.41, 5.74) is 9.93. The molecule has 1 N–H and O–H groups in total. The maximum atomic E-state index is 12.3. The van der Waals surface area contributed by atoms with Gasteiger partial charge in [-0.1, -0.05) is 176 Å². The van der Waals surface area contributed by atoms with Crippen molar-refractivity contribution in [3.63, 3.8) is 0 Å². The number of rotatable bonds is 10. The van der Waals surface area contributed by atoms with Crippen LogP contribution in [0.2, 0.25) is 0 Å². The average Bonchev–Trinajstić information content (AvgIpc) is 3.82. The first-order valence-corrected chi connectivity index (χ1v) is 22.9. The number of hydrogen-bond acceptors (Lipinski definition) is 3. The molecule has 2 aromatic heterocycles. The summed E-state index contributed by atoms with van der Waals surface area (Å²) in [6, 6.07) is 40.0. The highest BCUT2D eigenvalue weighted by Gasteiger charge is 2.25. The van der Waals surface area contributed by atoms with Crippen molar-refractivity contribution in [1.29, 1.82) is 0 Å². The van der Waals surface area contributed by atoms with Crippen LogP contribution in [0.25, 0.3) is 72.7 Å². The molecule has 0 bridgehead atoms. The molecule has 0 radical (unpaired) electrons. The van der Waals surface area contributed by atoms with Crippen LogP contribution in [0.3, 0.4) is 0 Å². The molecule has 0 atom stereocenters. The number of benzene rings is 6. The summed E-state index contributed by atoms with van der Waals surface area (Å²) in [6.45, 7) is 12.2. The smallest absolute Gasteiger partial charge is 0.149 e. The second-order valence-corrected chi connectivity index (χ2v) is 19.8. The molecule has 2 heterocycles. The fraction of sp³-hybridized carbons (Fsp3) is 0.323. The van der Waals surface area contributed by atoms with E-state index >= 15 is 0 Å². The van der Waals surface area contributed by atoms with Gasteiger partial charge in [0, 0.05) is 38.1 Å². The normalized spacial score (nSPS) is 15.7. The van der Waals surface area contributed by atoms with Crippen LogP contribution in [0.1, 0.15) is 169 Å². The van der Waals surface area contributed by atoms with Gasteiger partial charge >= 0.3 is 0 Å². The fourth-order valence-electron chi connectivity index (χ4n) is 8.92. The number of imidazole rings is 1. The molecule has 8 rings (SSSR count). The van der Waals surface area contributed by atoms with E-state index in [1.54, 1.807) is 24.4 Å². The Kier molecular flexibility index (Phi) is 9.22. The summed E-state index contributed by atoms with van der Waals surface area (Å²) in [4.78, 5) is 10.4. The van der Waals surface area contributed by atoms with Crippen LogP contribution in [0.15, 0.2) is 134 Å². The van der Waals surface area contributed by atoms with Gasteiger partial charge < -0.3 is 5.11 Å². The molecule has 66 heavy (non-hydrogen) atoms. The first-order chi connectivity index (χ1) is 35.6. The van der Waals surface area contributed by atoms with E-state index in [1.807, 2.05) is 94.4 Å². The summed E-state index contributed by atoms with van der Waals surface area (Å²) in [5, 5.41) is 12.3. The van der Waals surface area contributed by atoms with Crippen molar-refractivity contribution in [1.82, 2.24) is 14.5 Å². The highest BCUT2D eigenvalue weighted by molar-refractivity contribution is 5.97. The zero-order valence-electron chi connectivity index (χ0n) is 51.1. The van der Waals surface area contributed by atoms with Gasteiger partial charge in [0.05, 0.1) is 22.3 Å². The molecule has 0 saturated heterocycles. The Morgan fingerprint density at radius 1 is 0.561 bits per heavy atom. The molecular formula is C62H69N3O. The van der Waals surface area contributed by atoms with Gasteiger partial charge in [-0.05, 0) is 144 Å². The Bertz CT molecular complexity index is 3420. The van der Waals surface area contributed by atoms with E-state index in [9.17, 15) is 5.11 Å². The third kappa shape index (κ3) is 9.00. The molecule has 0 aliphatic heterocycles. The minimum absolute atomic E-state index is 0.0192. The van der Waals surface area contributed by atoms with E-state index < -0.39 is 37.8 Å². The Morgan fingerprint density at radius 2 is 1.20 bits per heavy atom. The van der Waals surface area contributed by atoms with Crippen LogP contribution in [-0.4, -0.2) is 19.6 Å². The molecule has 6 aromatic carbocycles. The van der Waals surface area contributed by atoms with Crippen LogP contribution < -0.4 is 0 Å². The molecule has 8 aromatic rings. The lowest BCUT2D eigenvalue weighted by Crippen LogP contribution is -2.11. The number of hydrogen-bond donors (Lipinski definition) is 1. The highest BCUT2D eigenvalue weighted by Crippen LogP contribution is 2.44. The van der Waals surface area contributed by atoms with E-state index in [4.69, 9.17) is 25.0 Å². The number of phenolic OH excluding ortho intramolecular Hbond substituents is 1. The van der Waals surface area contributed by atoms with Gasteiger partial charge in [0.25, 0.3) is 0 Å². The average molecular weight is 883 g/mol. The van der Waals surface area contributed by atoms with Crippen molar-refractivity contribution < 1.29 is 20.2 Å². The van der Waals surface area contributed by atoms with E-state index in [0.717, 1.165) is 66.8 Å². The summed E-state index contributed by atoms with van der Waals surface area (Å²) < 4.78 is 94.2. The van der Waals surface area contributed by atoms with E-state index in [0.29, 0.717) is 33.7 Å². The fourth-order valence-corrected chi connectivity index (χ4v) is 8.92. The highest BCUT2D eigenvalue weighted by atomic mass is 16.3. The number of aromatic hydroxyl groups is 1. The molecule has 0 unspecified atom stereocenters. The van der Waals surface area contributed by atoms with Gasteiger partial charge in [-0.2, -0.15) is 0 Å². The van der Waals surface area contributed by atoms with Crippen molar-refractivity contribution in [3.8, 4) is 67.5 Å². The van der Waals surface area contributed by atoms with Crippen molar-refractivity contribution in [2.24, 2.45) is 0 Å². The largest absolute Gasteiger partial charge is 0.507 e. The lowest BCUT2D eigenvalue weighted by atomic mass is 9.83. The minimum atomic E-state index is -3.38. The van der Waals surface area contributed by atoms with Gasteiger partial charge in [0.15, 0.2) is 0 Å². The monoisotopic (exact) mass is 883 g/mol. The van der Waals surface area contributed by atoms with Crippen LogP contribution in [0.5, 0.6) is 5.75 Å². The summed E-state index contributed by atoms with van der Waals surface area (Å²) >= 11 is 0. The topological polar surface area (TPSA) is 50.9 Å². The molecule has 0 spiro atoms. The molecule has 4 heteroatoms. The molecule has 4 nitrogen and oxygen atoms in total. The van der Waals surface area contributed by atoms with E-state index in [2.05, 4.69) is 83.4 Å². The van der Waals surface area contributed by atoms with Gasteiger partial charge in [0.1, 0.15) is 11.6 Å². The molecular weight excluding hydrogens is 803 g/mol. The lowest BCUT2D eigenvalue weighted by Gasteiger charge is -2.22. The lowest BCUT2D eigenvalue weighted by molar-refractivity contribution is 0.466. The Morgan fingerprint density at radius 3 is 1.80 bits per heavy atom. The number of pyridine rings is 1. The minimum Gasteiger partial charge on any atom is -0.507 e. The molecule has 338 valence electrons. The molecule has 0 amide bonds. The zero-order valence-corrected chi connectivity index (χ0v) is 40.1. The van der Waals surface area contributed by atoms with Crippen LogP contribution in [0.4, 0.5) is 0 Å². The van der Waals surface area contributed by atoms with E-state index in [1.165, 1.54) is 12.1 Å². The second-order valence-electron chi connectivity index (χ2n) is 19.8. The Labute approximate surface area is 410 Å². The van der Waals surface area contributed by atoms with E-state index in [-0.39, 0.29) is 28.6 Å². The molecule has 0 aliphatic carbocycles.